The zero-order valence-electron chi connectivity index (χ0n) is 8.68. The Morgan fingerprint density at radius 3 is 2.41 bits per heavy atom. The summed E-state index contributed by atoms with van der Waals surface area (Å²) in [6, 6.07) is 0.838. The van der Waals surface area contributed by atoms with E-state index in [9.17, 15) is 22.0 Å². The second kappa shape index (κ2) is 4.82. The minimum atomic E-state index is -5.06. The molecule has 0 amide bonds. The van der Waals surface area contributed by atoms with Crippen molar-refractivity contribution in [1.29, 1.82) is 0 Å². The number of halogens is 5. The molecule has 0 fully saturated rings. The van der Waals surface area contributed by atoms with Crippen molar-refractivity contribution in [3.63, 3.8) is 0 Å². The first kappa shape index (κ1) is 13.6. The van der Waals surface area contributed by atoms with Gasteiger partial charge >= 0.3 is 6.36 Å². The lowest BCUT2D eigenvalue weighted by atomic mass is 10.1. The van der Waals surface area contributed by atoms with Gasteiger partial charge in [0.05, 0.1) is 11.3 Å². The Hall–Kier alpha value is -1.44. The van der Waals surface area contributed by atoms with Gasteiger partial charge in [0.2, 0.25) is 0 Å². The topological polar surface area (TPSA) is 48.1 Å². The van der Waals surface area contributed by atoms with Gasteiger partial charge in [-0.1, -0.05) is 0 Å². The minimum absolute atomic E-state index is 0.148. The fourth-order valence-electron chi connectivity index (χ4n) is 1.29. The molecule has 0 atom stereocenters. The molecule has 0 aliphatic heterocycles. The first-order chi connectivity index (χ1) is 7.74. The van der Waals surface area contributed by atoms with Crippen LogP contribution >= 0.6 is 0 Å². The summed E-state index contributed by atoms with van der Waals surface area (Å²) in [6.07, 6.45) is -8.16. The lowest BCUT2D eigenvalue weighted by Crippen LogP contribution is -2.21. The molecule has 0 aliphatic carbocycles. The summed E-state index contributed by atoms with van der Waals surface area (Å²) in [6.45, 7) is 0.954. The van der Waals surface area contributed by atoms with Crippen molar-refractivity contribution < 1.29 is 26.7 Å². The first-order valence-electron chi connectivity index (χ1n) is 4.49. The number of ether oxygens (including phenoxy) is 1. The van der Waals surface area contributed by atoms with E-state index in [-0.39, 0.29) is 11.4 Å². The molecular formula is C9H9F5N2O. The molecule has 0 aromatic carbocycles. The molecule has 96 valence electrons. The number of alkyl halides is 5. The maximum absolute atomic E-state index is 12.6. The van der Waals surface area contributed by atoms with Crippen LogP contribution in [0.25, 0.3) is 0 Å². The number of rotatable bonds is 3. The summed E-state index contributed by atoms with van der Waals surface area (Å²) in [5, 5.41) is 0. The van der Waals surface area contributed by atoms with E-state index in [4.69, 9.17) is 5.73 Å². The molecule has 1 aromatic heterocycles. The predicted molar refractivity (Wildman–Crippen MR) is 48.5 cm³/mol. The fraction of sp³-hybridized carbons (Fsp3) is 0.444. The van der Waals surface area contributed by atoms with Crippen LogP contribution in [-0.4, -0.2) is 11.3 Å². The Morgan fingerprint density at radius 2 is 2.00 bits per heavy atom. The normalized spacial score (nSPS) is 12.0. The highest BCUT2D eigenvalue weighted by Crippen LogP contribution is 2.35. The summed E-state index contributed by atoms with van der Waals surface area (Å²) < 4.78 is 64.9. The van der Waals surface area contributed by atoms with E-state index in [1.165, 1.54) is 6.92 Å². The van der Waals surface area contributed by atoms with E-state index in [1.807, 2.05) is 0 Å². The highest BCUT2D eigenvalue weighted by atomic mass is 19.4. The third-order valence-electron chi connectivity index (χ3n) is 1.85. The largest absolute Gasteiger partial charge is 0.573 e. The lowest BCUT2D eigenvalue weighted by molar-refractivity contribution is -0.275. The van der Waals surface area contributed by atoms with Crippen LogP contribution in [-0.2, 0) is 6.54 Å². The van der Waals surface area contributed by atoms with Crippen molar-refractivity contribution in [3.8, 4) is 5.75 Å². The van der Waals surface area contributed by atoms with Gasteiger partial charge < -0.3 is 10.5 Å². The molecule has 0 bridgehead atoms. The Bertz CT molecular complexity index is 405. The van der Waals surface area contributed by atoms with E-state index < -0.39 is 30.6 Å². The predicted octanol–water partition coefficient (Wildman–Crippen LogP) is 2.68. The smallest absolute Gasteiger partial charge is 0.403 e. The molecule has 0 radical (unpaired) electrons. The van der Waals surface area contributed by atoms with Gasteiger partial charge in [0.25, 0.3) is 6.43 Å². The molecule has 1 heterocycles. The van der Waals surface area contributed by atoms with Gasteiger partial charge in [-0.2, -0.15) is 0 Å². The quantitative estimate of drug-likeness (QED) is 0.846. The van der Waals surface area contributed by atoms with Gasteiger partial charge in [0.1, 0.15) is 0 Å². The highest BCUT2D eigenvalue weighted by molar-refractivity contribution is 5.40. The van der Waals surface area contributed by atoms with Crippen molar-refractivity contribution in [2.45, 2.75) is 26.3 Å². The Labute approximate surface area is 93.4 Å². The molecule has 0 spiro atoms. The summed E-state index contributed by atoms with van der Waals surface area (Å²) in [7, 11) is 0. The van der Waals surface area contributed by atoms with Crippen LogP contribution in [0.4, 0.5) is 22.0 Å². The molecule has 2 N–H and O–H groups in total. The van der Waals surface area contributed by atoms with Gasteiger partial charge in [0.15, 0.2) is 5.75 Å². The number of nitrogens with zero attached hydrogens (tertiary/aromatic N) is 1. The standard InChI is InChI=1S/C9H9F5N2O/c1-4-2-5(8(10)11)7(6(3-15)16-4)17-9(12,13)14/h2,8H,3,15H2,1H3. The summed E-state index contributed by atoms with van der Waals surface area (Å²) in [5.74, 6) is -1.01. The number of aryl methyl sites for hydroxylation is 1. The van der Waals surface area contributed by atoms with E-state index in [0.717, 1.165) is 6.07 Å². The average molecular weight is 256 g/mol. The van der Waals surface area contributed by atoms with Gasteiger partial charge in [-0.05, 0) is 13.0 Å². The molecule has 17 heavy (non-hydrogen) atoms. The fourth-order valence-corrected chi connectivity index (χ4v) is 1.29. The van der Waals surface area contributed by atoms with E-state index in [2.05, 4.69) is 9.72 Å². The van der Waals surface area contributed by atoms with E-state index >= 15 is 0 Å². The summed E-state index contributed by atoms with van der Waals surface area (Å²) in [5.41, 5.74) is 4.09. The van der Waals surface area contributed by atoms with Crippen molar-refractivity contribution in [2.75, 3.05) is 0 Å². The van der Waals surface area contributed by atoms with Crippen LogP contribution < -0.4 is 10.5 Å². The van der Waals surface area contributed by atoms with Crippen LogP contribution in [0.2, 0.25) is 0 Å². The molecule has 0 aliphatic rings. The average Bonchev–Trinajstić information content (AvgIpc) is 2.17. The monoisotopic (exact) mass is 256 g/mol. The van der Waals surface area contributed by atoms with Crippen LogP contribution in [0.15, 0.2) is 6.07 Å². The molecule has 1 aromatic rings. The van der Waals surface area contributed by atoms with Crippen LogP contribution in [0, 0.1) is 6.92 Å². The lowest BCUT2D eigenvalue weighted by Gasteiger charge is -2.16. The second-order valence-electron chi connectivity index (χ2n) is 3.18. The number of aromatic nitrogens is 1. The third kappa shape index (κ3) is 3.52. The highest BCUT2D eigenvalue weighted by Gasteiger charge is 2.35. The van der Waals surface area contributed by atoms with E-state index in [1.54, 1.807) is 0 Å². The number of hydrogen-bond donors (Lipinski definition) is 1. The molecule has 1 rings (SSSR count). The van der Waals surface area contributed by atoms with Crippen LogP contribution in [0.1, 0.15) is 23.4 Å². The molecule has 0 unspecified atom stereocenters. The zero-order valence-corrected chi connectivity index (χ0v) is 8.68. The van der Waals surface area contributed by atoms with Gasteiger partial charge in [-0.25, -0.2) is 8.78 Å². The molecule has 0 saturated carbocycles. The van der Waals surface area contributed by atoms with Crippen molar-refractivity contribution in [3.05, 3.63) is 23.0 Å². The molecular weight excluding hydrogens is 247 g/mol. The first-order valence-corrected chi connectivity index (χ1v) is 4.49. The number of hydrogen-bond acceptors (Lipinski definition) is 3. The number of nitrogens with two attached hydrogens (primary N) is 1. The summed E-state index contributed by atoms with van der Waals surface area (Å²) >= 11 is 0. The Morgan fingerprint density at radius 1 is 1.41 bits per heavy atom. The molecule has 3 nitrogen and oxygen atoms in total. The van der Waals surface area contributed by atoms with Gasteiger partial charge in [-0.15, -0.1) is 13.2 Å². The Kier molecular flexibility index (Phi) is 3.87. The zero-order chi connectivity index (χ0) is 13.2. The van der Waals surface area contributed by atoms with Gasteiger partial charge in [-0.3, -0.25) is 4.98 Å². The van der Waals surface area contributed by atoms with Gasteiger partial charge in [0, 0.05) is 12.2 Å². The van der Waals surface area contributed by atoms with Crippen LogP contribution in [0.5, 0.6) is 5.75 Å². The maximum atomic E-state index is 12.6. The van der Waals surface area contributed by atoms with Crippen LogP contribution in [0.3, 0.4) is 0 Å². The summed E-state index contributed by atoms with van der Waals surface area (Å²) in [4.78, 5) is 3.64. The second-order valence-corrected chi connectivity index (χ2v) is 3.18. The SMILES string of the molecule is Cc1cc(C(F)F)c(OC(F)(F)F)c(CN)n1. The van der Waals surface area contributed by atoms with Crippen molar-refractivity contribution in [1.82, 2.24) is 4.98 Å². The third-order valence-corrected chi connectivity index (χ3v) is 1.85. The minimum Gasteiger partial charge on any atom is -0.403 e. The number of pyridine rings is 1. The van der Waals surface area contributed by atoms with E-state index in [0.29, 0.717) is 0 Å². The van der Waals surface area contributed by atoms with Crippen molar-refractivity contribution in [2.24, 2.45) is 5.73 Å². The maximum Gasteiger partial charge on any atom is 0.573 e. The molecule has 8 heteroatoms. The van der Waals surface area contributed by atoms with Crippen molar-refractivity contribution >= 4 is 0 Å². The molecule has 0 saturated heterocycles. The Balaban J connectivity index is 3.32.